The van der Waals surface area contributed by atoms with Crippen LogP contribution in [0.3, 0.4) is 0 Å². The van der Waals surface area contributed by atoms with Gasteiger partial charge in [-0.05, 0) is 5.92 Å². The minimum Gasteiger partial charge on any atom is -0.412 e. The minimum atomic E-state index is 0. The molecule has 2 N–H and O–H groups in total. The summed E-state index contributed by atoms with van der Waals surface area (Å²) in [6.45, 7) is 7.75. The Morgan fingerprint density at radius 1 is 1.40 bits per heavy atom. The molecule has 1 nitrogen and oxygen atoms in total. The molecule has 0 aliphatic heterocycles. The summed E-state index contributed by atoms with van der Waals surface area (Å²) < 4.78 is 0. The molecule has 0 atom stereocenters. The number of rotatable bonds is 0. The second kappa shape index (κ2) is 3.96. The van der Waals surface area contributed by atoms with E-state index in [9.17, 15) is 0 Å². The van der Waals surface area contributed by atoms with Gasteiger partial charge in [0, 0.05) is 0 Å². The summed E-state index contributed by atoms with van der Waals surface area (Å²) in [6, 6.07) is 0. The van der Waals surface area contributed by atoms with Crippen molar-refractivity contribution in [1.29, 1.82) is 0 Å². The molecule has 0 amide bonds. The summed E-state index contributed by atoms with van der Waals surface area (Å²) >= 11 is 0. The first-order valence-corrected chi connectivity index (χ1v) is 1.56. The van der Waals surface area contributed by atoms with Crippen molar-refractivity contribution in [3.05, 3.63) is 6.92 Å². The van der Waals surface area contributed by atoms with Gasteiger partial charge in [-0.3, -0.25) is 0 Å². The molecular formula is C4H11O. The average Bonchev–Trinajstić information content (AvgIpc) is 0.811. The van der Waals surface area contributed by atoms with Gasteiger partial charge in [0.05, 0.1) is 0 Å². The first-order valence-electron chi connectivity index (χ1n) is 1.56. The monoisotopic (exact) mass is 75.1 g/mol. The standard InChI is InChI=1S/C4H9.H2O/c1-4(2)3;/h4H,1H2,2-3H3;1H2. The molecule has 0 aromatic carbocycles. The third-order valence-electron chi connectivity index (χ3n) is 0. The maximum Gasteiger partial charge on any atom is -0.0471 e. The van der Waals surface area contributed by atoms with Crippen molar-refractivity contribution in [3.63, 3.8) is 0 Å². The quantitative estimate of drug-likeness (QED) is 0.405. The highest BCUT2D eigenvalue weighted by Crippen LogP contribution is 1.80. The van der Waals surface area contributed by atoms with E-state index in [0.29, 0.717) is 5.92 Å². The van der Waals surface area contributed by atoms with E-state index >= 15 is 0 Å². The van der Waals surface area contributed by atoms with Gasteiger partial charge >= 0.3 is 0 Å². The van der Waals surface area contributed by atoms with Crippen LogP contribution in [0.15, 0.2) is 0 Å². The summed E-state index contributed by atoms with van der Waals surface area (Å²) in [4.78, 5) is 0. The van der Waals surface area contributed by atoms with Crippen LogP contribution in [0, 0.1) is 12.8 Å². The van der Waals surface area contributed by atoms with E-state index < -0.39 is 0 Å². The van der Waals surface area contributed by atoms with Crippen LogP contribution in [0.4, 0.5) is 0 Å². The molecule has 0 fully saturated rings. The predicted octanol–water partition coefficient (Wildman–Crippen LogP) is 0.652. The van der Waals surface area contributed by atoms with E-state index in [0.717, 1.165) is 0 Å². The Hall–Kier alpha value is -0.0400. The van der Waals surface area contributed by atoms with E-state index in [1.165, 1.54) is 0 Å². The van der Waals surface area contributed by atoms with E-state index in [-0.39, 0.29) is 5.48 Å². The first-order chi connectivity index (χ1) is 1.73. The van der Waals surface area contributed by atoms with E-state index in [1.54, 1.807) is 0 Å². The third-order valence-corrected chi connectivity index (χ3v) is 0. The fourth-order valence-electron chi connectivity index (χ4n) is 0. The highest BCUT2D eigenvalue weighted by molar-refractivity contribution is 4.38. The molecule has 0 unspecified atom stereocenters. The molecule has 5 heavy (non-hydrogen) atoms. The molecule has 0 rings (SSSR count). The molecule has 0 heterocycles. The smallest absolute Gasteiger partial charge is 0.0471 e. The van der Waals surface area contributed by atoms with Crippen LogP contribution in [0.2, 0.25) is 0 Å². The van der Waals surface area contributed by atoms with Crippen LogP contribution < -0.4 is 0 Å². The van der Waals surface area contributed by atoms with Crippen molar-refractivity contribution in [2.75, 3.05) is 0 Å². The average molecular weight is 75.1 g/mol. The summed E-state index contributed by atoms with van der Waals surface area (Å²) in [5.74, 6) is 0.583. The highest BCUT2D eigenvalue weighted by atomic mass is 16.0. The molecule has 0 aliphatic rings. The predicted molar refractivity (Wildman–Crippen MR) is 23.8 cm³/mol. The van der Waals surface area contributed by atoms with Gasteiger partial charge < -0.3 is 5.48 Å². The molecule has 33 valence electrons. The Bertz CT molecular complexity index is 8.36. The third kappa shape index (κ3) is 9510. The van der Waals surface area contributed by atoms with Crippen molar-refractivity contribution < 1.29 is 5.48 Å². The molecule has 0 aromatic heterocycles. The maximum absolute atomic E-state index is 3.64. The number of hydrogen-bond donors (Lipinski definition) is 0. The maximum atomic E-state index is 3.64. The van der Waals surface area contributed by atoms with E-state index in [1.807, 2.05) is 0 Å². The number of hydrogen-bond acceptors (Lipinski definition) is 0. The fraction of sp³-hybridized carbons (Fsp3) is 0.750. The van der Waals surface area contributed by atoms with Crippen LogP contribution in [0.25, 0.3) is 0 Å². The lowest BCUT2D eigenvalue weighted by Crippen LogP contribution is -1.67. The van der Waals surface area contributed by atoms with Crippen LogP contribution in [-0.2, 0) is 0 Å². The molecule has 0 bridgehead atoms. The normalized spacial score (nSPS) is 7.20. The van der Waals surface area contributed by atoms with Crippen LogP contribution in [0.5, 0.6) is 0 Å². The zero-order valence-corrected chi connectivity index (χ0v) is 3.78. The van der Waals surface area contributed by atoms with Gasteiger partial charge in [-0.15, -0.1) is 0 Å². The molecule has 0 spiro atoms. The van der Waals surface area contributed by atoms with Crippen LogP contribution in [-0.4, -0.2) is 5.48 Å². The lowest BCUT2D eigenvalue weighted by Gasteiger charge is -1.78. The van der Waals surface area contributed by atoms with Crippen molar-refractivity contribution in [1.82, 2.24) is 0 Å². The Kier molecular flexibility index (Phi) is 7.03. The van der Waals surface area contributed by atoms with E-state index in [4.69, 9.17) is 0 Å². The molecular weight excluding hydrogens is 64.0 g/mol. The van der Waals surface area contributed by atoms with Crippen molar-refractivity contribution in [2.24, 2.45) is 5.92 Å². The second-order valence-corrected chi connectivity index (χ2v) is 1.39. The zero-order chi connectivity index (χ0) is 3.58. The van der Waals surface area contributed by atoms with E-state index in [2.05, 4.69) is 20.8 Å². The molecule has 0 aromatic rings. The van der Waals surface area contributed by atoms with Gasteiger partial charge in [0.1, 0.15) is 0 Å². The minimum absolute atomic E-state index is 0. The SMILES string of the molecule is O.[CH2]C(C)C. The van der Waals surface area contributed by atoms with Gasteiger partial charge in [-0.1, -0.05) is 20.8 Å². The summed E-state index contributed by atoms with van der Waals surface area (Å²) in [5, 5.41) is 0. The second-order valence-electron chi connectivity index (χ2n) is 1.39. The summed E-state index contributed by atoms with van der Waals surface area (Å²) in [7, 11) is 0. The molecule has 0 aliphatic carbocycles. The molecule has 1 radical (unpaired) electrons. The fourth-order valence-corrected chi connectivity index (χ4v) is 0. The largest absolute Gasteiger partial charge is 0.412 e. The molecule has 0 saturated heterocycles. The van der Waals surface area contributed by atoms with Crippen molar-refractivity contribution >= 4 is 0 Å². The van der Waals surface area contributed by atoms with Gasteiger partial charge in [0.2, 0.25) is 0 Å². The van der Waals surface area contributed by atoms with Crippen LogP contribution in [0.1, 0.15) is 13.8 Å². The lowest BCUT2D eigenvalue weighted by molar-refractivity contribution is 0.824. The van der Waals surface area contributed by atoms with Gasteiger partial charge in [0.15, 0.2) is 0 Å². The Labute approximate surface area is 33.3 Å². The molecule has 1 heteroatoms. The Morgan fingerprint density at radius 3 is 1.40 bits per heavy atom. The Morgan fingerprint density at radius 2 is 1.40 bits per heavy atom. The summed E-state index contributed by atoms with van der Waals surface area (Å²) in [6.07, 6.45) is 0. The lowest BCUT2D eigenvalue weighted by atomic mass is 10.3. The highest BCUT2D eigenvalue weighted by Gasteiger charge is 1.68. The topological polar surface area (TPSA) is 31.5 Å². The summed E-state index contributed by atoms with van der Waals surface area (Å²) in [5.41, 5.74) is 0. The van der Waals surface area contributed by atoms with Crippen molar-refractivity contribution in [2.45, 2.75) is 13.8 Å². The van der Waals surface area contributed by atoms with Gasteiger partial charge in [-0.2, -0.15) is 0 Å². The van der Waals surface area contributed by atoms with Crippen molar-refractivity contribution in [3.8, 4) is 0 Å². The van der Waals surface area contributed by atoms with Gasteiger partial charge in [-0.25, -0.2) is 0 Å². The van der Waals surface area contributed by atoms with Crippen LogP contribution >= 0.6 is 0 Å². The zero-order valence-electron chi connectivity index (χ0n) is 3.78. The van der Waals surface area contributed by atoms with Gasteiger partial charge in [0.25, 0.3) is 0 Å². The molecule has 0 saturated carbocycles. The first kappa shape index (κ1) is 8.88. The Balaban J connectivity index is 0.